The molecule has 0 heterocycles. The highest BCUT2D eigenvalue weighted by Gasteiger charge is 1.51. The molecule has 0 atom stereocenters. The first kappa shape index (κ1) is 6.94. The van der Waals surface area contributed by atoms with E-state index in [0.29, 0.717) is 0 Å². The Bertz CT molecular complexity index is 53.9. The molecule has 0 radical (unpaired) electrons. The van der Waals surface area contributed by atoms with Crippen molar-refractivity contribution < 1.29 is 0 Å². The Morgan fingerprint density at radius 3 is 1.33 bits per heavy atom. The van der Waals surface area contributed by atoms with Crippen LogP contribution in [0.25, 0.3) is 0 Å². The van der Waals surface area contributed by atoms with Crippen LogP contribution in [0.1, 0.15) is 0 Å². The van der Waals surface area contributed by atoms with Gasteiger partial charge in [-0.2, -0.15) is 0 Å². The highest BCUT2D eigenvalue weighted by Crippen LogP contribution is 1.87. The van der Waals surface area contributed by atoms with Crippen LogP contribution in [-0.2, 0) is 0 Å². The van der Waals surface area contributed by atoms with Gasteiger partial charge in [-0.25, -0.2) is 0 Å². The van der Waals surface area contributed by atoms with Gasteiger partial charge in [0.05, 0.1) is 0 Å². The maximum atomic E-state index is 2.18. The molecule has 0 saturated carbocycles. The second-order valence-electron chi connectivity index (χ2n) is 0.637. The molecule has 0 spiro atoms. The van der Waals surface area contributed by atoms with Crippen LogP contribution in [0.15, 0.2) is 20.3 Å². The minimum absolute atomic E-state index is 1.97. The van der Waals surface area contributed by atoms with Crippen LogP contribution in [0.2, 0.25) is 0 Å². The maximum Gasteiger partial charge on any atom is -0.0234 e. The predicted octanol–water partition coefficient (Wildman–Crippen LogP) is 2.88. The molecule has 0 saturated heterocycles. The summed E-state index contributed by atoms with van der Waals surface area (Å²) in [5.41, 5.74) is 0. The monoisotopic (exact) mass is 306 g/mol. The minimum atomic E-state index is 1.97. The first-order chi connectivity index (χ1) is 2.91. The quantitative estimate of drug-likeness (QED) is 0.516. The van der Waals surface area contributed by atoms with Gasteiger partial charge in [-0.15, -0.1) is 0 Å². The molecule has 0 bridgehead atoms. The van der Waals surface area contributed by atoms with Crippen LogP contribution in [-0.4, -0.2) is 0 Å². The van der Waals surface area contributed by atoms with E-state index in [1.807, 2.05) is 20.3 Å². The summed E-state index contributed by atoms with van der Waals surface area (Å²) in [6, 6.07) is 0. The molecule has 6 heavy (non-hydrogen) atoms. The summed E-state index contributed by atoms with van der Waals surface area (Å²) >= 11 is 4.35. The summed E-state index contributed by atoms with van der Waals surface area (Å²) < 4.78 is 3.93. The molecule has 0 amide bonds. The van der Waals surface area contributed by atoms with Crippen molar-refractivity contribution >= 4 is 45.2 Å². The van der Waals surface area contributed by atoms with Gasteiger partial charge >= 0.3 is 0 Å². The van der Waals surface area contributed by atoms with Gasteiger partial charge in [0.2, 0.25) is 0 Å². The van der Waals surface area contributed by atoms with Crippen molar-refractivity contribution in [1.82, 2.24) is 0 Å². The number of hydrogen-bond acceptors (Lipinski definition) is 0. The average molecular weight is 306 g/mol. The number of hydrogen-bond donors (Lipinski definition) is 0. The van der Waals surface area contributed by atoms with E-state index in [4.69, 9.17) is 0 Å². The molecule has 0 fully saturated rings. The van der Waals surface area contributed by atoms with E-state index < -0.39 is 0 Å². The maximum absolute atomic E-state index is 2.18. The molecule has 0 aromatic heterocycles. The largest absolute Gasteiger partial charge is 0.0557 e. The number of allylic oxidation sites excluding steroid dienone is 2. The second-order valence-corrected chi connectivity index (χ2v) is 2.08. The van der Waals surface area contributed by atoms with Crippen LogP contribution in [0, 0.1) is 0 Å². The SMILES string of the molecule is I/C=C\C=C/I. The normalized spacial score (nSPS) is 11.7. The molecule has 2 heteroatoms. The van der Waals surface area contributed by atoms with Crippen LogP contribution in [0.5, 0.6) is 0 Å². The fourth-order valence-electron chi connectivity index (χ4n) is 0.0840. The zero-order valence-corrected chi connectivity index (χ0v) is 7.38. The molecule has 0 aliphatic heterocycles. The lowest BCUT2D eigenvalue weighted by Gasteiger charge is -1.60. The van der Waals surface area contributed by atoms with E-state index in [1.165, 1.54) is 0 Å². The van der Waals surface area contributed by atoms with Crippen molar-refractivity contribution in [1.29, 1.82) is 0 Å². The molecule has 0 rings (SSSR count). The minimum Gasteiger partial charge on any atom is -0.0557 e. The third kappa shape index (κ3) is 4.94. The number of halogens is 2. The van der Waals surface area contributed by atoms with E-state index in [9.17, 15) is 0 Å². The van der Waals surface area contributed by atoms with E-state index in [1.54, 1.807) is 0 Å². The third-order valence-corrected chi connectivity index (χ3v) is 1.09. The van der Waals surface area contributed by atoms with Crippen molar-refractivity contribution in [3.05, 3.63) is 20.3 Å². The van der Waals surface area contributed by atoms with E-state index >= 15 is 0 Å². The average Bonchev–Trinajstić information content (AvgIpc) is 1.61. The molecule has 0 aromatic rings. The van der Waals surface area contributed by atoms with Gasteiger partial charge < -0.3 is 0 Å². The van der Waals surface area contributed by atoms with Crippen molar-refractivity contribution in [2.75, 3.05) is 0 Å². The van der Waals surface area contributed by atoms with Gasteiger partial charge in [0, 0.05) is 0 Å². The number of rotatable bonds is 1. The molecule has 0 N–H and O–H groups in total. The lowest BCUT2D eigenvalue weighted by Crippen LogP contribution is -1.33. The van der Waals surface area contributed by atoms with Gasteiger partial charge in [0.25, 0.3) is 0 Å². The first-order valence-corrected chi connectivity index (χ1v) is 3.93. The van der Waals surface area contributed by atoms with Gasteiger partial charge in [-0.1, -0.05) is 57.3 Å². The Morgan fingerprint density at radius 1 is 0.833 bits per heavy atom. The zero-order valence-electron chi connectivity index (χ0n) is 3.07. The molecule has 0 aliphatic rings. The molecule has 0 aromatic carbocycles. The summed E-state index contributed by atoms with van der Waals surface area (Å²) in [6.07, 6.45) is 3.96. The molecular formula is C4H4I2. The lowest BCUT2D eigenvalue weighted by atomic mass is 10.6. The van der Waals surface area contributed by atoms with Crippen LogP contribution in [0.4, 0.5) is 0 Å². The second kappa shape index (κ2) is 5.94. The topological polar surface area (TPSA) is 0 Å². The summed E-state index contributed by atoms with van der Waals surface area (Å²) in [4.78, 5) is 0. The molecule has 0 aliphatic carbocycles. The highest BCUT2D eigenvalue weighted by atomic mass is 127. The smallest absolute Gasteiger partial charge is 0.0234 e. The standard InChI is InChI=1S/C4H4I2/c5-3-1-2-4-6/h1-4H/b3-1-,4-2-. The van der Waals surface area contributed by atoms with Gasteiger partial charge in [0.1, 0.15) is 0 Å². The Kier molecular flexibility index (Phi) is 6.87. The fourth-order valence-corrected chi connectivity index (χ4v) is 0.563. The Hall–Kier alpha value is 0.940. The van der Waals surface area contributed by atoms with Crippen molar-refractivity contribution in [2.24, 2.45) is 0 Å². The van der Waals surface area contributed by atoms with E-state index in [0.717, 1.165) is 0 Å². The molecule has 0 nitrogen and oxygen atoms in total. The zero-order chi connectivity index (χ0) is 4.83. The van der Waals surface area contributed by atoms with E-state index in [-0.39, 0.29) is 0 Å². The van der Waals surface area contributed by atoms with Crippen LogP contribution < -0.4 is 0 Å². The van der Waals surface area contributed by atoms with Crippen molar-refractivity contribution in [2.45, 2.75) is 0 Å². The van der Waals surface area contributed by atoms with Crippen molar-refractivity contribution in [3.8, 4) is 0 Å². The van der Waals surface area contributed by atoms with Gasteiger partial charge in [0.15, 0.2) is 0 Å². The van der Waals surface area contributed by atoms with Gasteiger partial charge in [-0.05, 0) is 8.17 Å². The fraction of sp³-hybridized carbons (Fsp3) is 0. The first-order valence-electron chi connectivity index (χ1n) is 1.44. The summed E-state index contributed by atoms with van der Waals surface area (Å²) in [7, 11) is 0. The summed E-state index contributed by atoms with van der Waals surface area (Å²) in [6.45, 7) is 0. The Morgan fingerprint density at radius 2 is 1.17 bits per heavy atom. The van der Waals surface area contributed by atoms with Crippen LogP contribution >= 0.6 is 45.2 Å². The summed E-state index contributed by atoms with van der Waals surface area (Å²) in [5.74, 6) is 0. The Labute approximate surface area is 65.0 Å². The van der Waals surface area contributed by atoms with Crippen LogP contribution in [0.3, 0.4) is 0 Å². The highest BCUT2D eigenvalue weighted by molar-refractivity contribution is 14.1. The molecule has 34 valence electrons. The van der Waals surface area contributed by atoms with E-state index in [2.05, 4.69) is 45.2 Å². The van der Waals surface area contributed by atoms with Crippen molar-refractivity contribution in [3.63, 3.8) is 0 Å². The third-order valence-electron chi connectivity index (χ3n) is 0.257. The predicted molar refractivity (Wildman–Crippen MR) is 46.3 cm³/mol. The molecular weight excluding hydrogens is 302 g/mol. The summed E-state index contributed by atoms with van der Waals surface area (Å²) in [5, 5.41) is 0. The lowest BCUT2D eigenvalue weighted by molar-refractivity contribution is 2.13. The Balaban J connectivity index is 3.07. The molecule has 0 unspecified atom stereocenters. The van der Waals surface area contributed by atoms with Gasteiger partial charge in [-0.3, -0.25) is 0 Å².